The van der Waals surface area contributed by atoms with Crippen molar-refractivity contribution in [3.63, 3.8) is 0 Å². The van der Waals surface area contributed by atoms with Gasteiger partial charge in [-0.05, 0) is 12.8 Å². The summed E-state index contributed by atoms with van der Waals surface area (Å²) in [6.07, 6.45) is 1.92. The van der Waals surface area contributed by atoms with Gasteiger partial charge in [0.25, 0.3) is 0 Å². The molecule has 0 bridgehead atoms. The zero-order valence-corrected chi connectivity index (χ0v) is 7.54. The van der Waals surface area contributed by atoms with Gasteiger partial charge in [0.2, 0.25) is 0 Å². The second kappa shape index (κ2) is 3.25. The Morgan fingerprint density at radius 1 is 1.50 bits per heavy atom. The normalized spacial score (nSPS) is 15.3. The van der Waals surface area contributed by atoms with Gasteiger partial charge < -0.3 is 5.11 Å². The standard InChI is InChI=1S/C9H10N2O3/c12-7-3-1-2-5-9(7)6(11-10-5)4-8(13)14/h1-4H2,(H,10,11)(H,13,14). The first-order valence-electron chi connectivity index (χ1n) is 4.49. The van der Waals surface area contributed by atoms with Crippen LogP contribution < -0.4 is 0 Å². The average Bonchev–Trinajstić information content (AvgIpc) is 2.49. The van der Waals surface area contributed by atoms with Crippen LogP contribution in [0.1, 0.15) is 34.6 Å². The van der Waals surface area contributed by atoms with E-state index in [1.54, 1.807) is 0 Å². The van der Waals surface area contributed by atoms with E-state index in [9.17, 15) is 9.59 Å². The monoisotopic (exact) mass is 194 g/mol. The van der Waals surface area contributed by atoms with Crippen molar-refractivity contribution in [1.82, 2.24) is 10.2 Å². The SMILES string of the molecule is O=C(O)Cc1n[nH]c2c1C(=O)CCC2. The maximum absolute atomic E-state index is 11.5. The molecule has 14 heavy (non-hydrogen) atoms. The highest BCUT2D eigenvalue weighted by atomic mass is 16.4. The van der Waals surface area contributed by atoms with Crippen LogP contribution in [0.15, 0.2) is 0 Å². The molecule has 0 aliphatic heterocycles. The summed E-state index contributed by atoms with van der Waals surface area (Å²) in [5, 5.41) is 15.2. The lowest BCUT2D eigenvalue weighted by Crippen LogP contribution is -2.13. The molecule has 1 aromatic rings. The molecular weight excluding hydrogens is 184 g/mol. The fraction of sp³-hybridized carbons (Fsp3) is 0.444. The minimum atomic E-state index is -0.960. The molecule has 0 radical (unpaired) electrons. The van der Waals surface area contributed by atoms with Gasteiger partial charge in [-0.25, -0.2) is 0 Å². The van der Waals surface area contributed by atoms with Crippen LogP contribution in [0, 0.1) is 0 Å². The number of aromatic nitrogens is 2. The molecule has 0 unspecified atom stereocenters. The Kier molecular flexibility index (Phi) is 2.07. The summed E-state index contributed by atoms with van der Waals surface area (Å²) >= 11 is 0. The number of ketones is 1. The number of hydrogen-bond acceptors (Lipinski definition) is 3. The summed E-state index contributed by atoms with van der Waals surface area (Å²) in [6, 6.07) is 0. The van der Waals surface area contributed by atoms with Crippen LogP contribution in [-0.2, 0) is 17.6 Å². The van der Waals surface area contributed by atoms with Crippen LogP contribution in [0.5, 0.6) is 0 Å². The molecule has 0 fully saturated rings. The van der Waals surface area contributed by atoms with Crippen LogP contribution >= 0.6 is 0 Å². The summed E-state index contributed by atoms with van der Waals surface area (Å²) in [5.74, 6) is -0.950. The third-order valence-corrected chi connectivity index (χ3v) is 2.34. The predicted octanol–water partition coefficient (Wildman–Crippen LogP) is 0.556. The molecule has 5 heteroatoms. The summed E-state index contributed by atoms with van der Waals surface area (Å²) in [5.41, 5.74) is 1.67. The van der Waals surface area contributed by atoms with E-state index in [4.69, 9.17) is 5.11 Å². The van der Waals surface area contributed by atoms with Crippen LogP contribution in [0.4, 0.5) is 0 Å². The lowest BCUT2D eigenvalue weighted by molar-refractivity contribution is -0.136. The molecular formula is C9H10N2O3. The molecule has 0 atom stereocenters. The highest BCUT2D eigenvalue weighted by molar-refractivity contribution is 5.99. The maximum atomic E-state index is 11.5. The lowest BCUT2D eigenvalue weighted by atomic mass is 9.94. The number of aryl methyl sites for hydroxylation is 1. The predicted molar refractivity (Wildman–Crippen MR) is 47.2 cm³/mol. The number of carboxylic acid groups (broad SMARTS) is 1. The number of nitrogens with zero attached hydrogens (tertiary/aromatic N) is 1. The van der Waals surface area contributed by atoms with E-state index in [-0.39, 0.29) is 12.2 Å². The van der Waals surface area contributed by atoms with E-state index in [2.05, 4.69) is 10.2 Å². The van der Waals surface area contributed by atoms with E-state index < -0.39 is 5.97 Å². The number of fused-ring (bicyclic) bond motifs is 1. The van der Waals surface area contributed by atoms with Gasteiger partial charge in [0.1, 0.15) is 0 Å². The van der Waals surface area contributed by atoms with E-state index in [1.165, 1.54) is 0 Å². The maximum Gasteiger partial charge on any atom is 0.309 e. The number of carboxylic acids is 1. The molecule has 0 aromatic carbocycles. The highest BCUT2D eigenvalue weighted by Crippen LogP contribution is 2.22. The quantitative estimate of drug-likeness (QED) is 0.720. The summed E-state index contributed by atoms with van der Waals surface area (Å²) in [7, 11) is 0. The smallest absolute Gasteiger partial charge is 0.309 e. The van der Waals surface area contributed by atoms with Gasteiger partial charge in [-0.3, -0.25) is 14.7 Å². The Hall–Kier alpha value is -1.65. The van der Waals surface area contributed by atoms with Gasteiger partial charge in [-0.15, -0.1) is 0 Å². The summed E-state index contributed by atoms with van der Waals surface area (Å²) in [4.78, 5) is 22.0. The second-order valence-corrected chi connectivity index (χ2v) is 3.37. The zero-order valence-electron chi connectivity index (χ0n) is 7.54. The molecule has 1 aliphatic carbocycles. The number of carbonyl (C=O) groups is 2. The van der Waals surface area contributed by atoms with Crippen molar-refractivity contribution in [2.75, 3.05) is 0 Å². The number of aliphatic carboxylic acids is 1. The molecule has 5 nitrogen and oxygen atoms in total. The number of H-pyrrole nitrogens is 1. The molecule has 1 aromatic heterocycles. The first-order chi connectivity index (χ1) is 6.68. The van der Waals surface area contributed by atoms with Crippen LogP contribution in [0.3, 0.4) is 0 Å². The van der Waals surface area contributed by atoms with Gasteiger partial charge in [-0.2, -0.15) is 5.10 Å². The molecule has 1 aliphatic rings. The molecule has 74 valence electrons. The number of rotatable bonds is 2. The van der Waals surface area contributed by atoms with Crippen molar-refractivity contribution in [3.05, 3.63) is 17.0 Å². The minimum absolute atomic E-state index is 0.0104. The van der Waals surface area contributed by atoms with Crippen molar-refractivity contribution >= 4 is 11.8 Å². The van der Waals surface area contributed by atoms with Gasteiger partial charge in [-0.1, -0.05) is 0 Å². The third kappa shape index (κ3) is 1.41. The minimum Gasteiger partial charge on any atom is -0.481 e. The van der Waals surface area contributed by atoms with Crippen molar-refractivity contribution in [2.45, 2.75) is 25.7 Å². The Balaban J connectivity index is 2.38. The molecule has 2 N–H and O–H groups in total. The lowest BCUT2D eigenvalue weighted by Gasteiger charge is -2.09. The second-order valence-electron chi connectivity index (χ2n) is 3.37. The Morgan fingerprint density at radius 3 is 3.00 bits per heavy atom. The Morgan fingerprint density at radius 2 is 2.29 bits per heavy atom. The average molecular weight is 194 g/mol. The first kappa shape index (κ1) is 8.93. The molecule has 0 spiro atoms. The van der Waals surface area contributed by atoms with Crippen molar-refractivity contribution < 1.29 is 14.7 Å². The third-order valence-electron chi connectivity index (χ3n) is 2.34. The summed E-state index contributed by atoms with van der Waals surface area (Å²) < 4.78 is 0. The van der Waals surface area contributed by atoms with Gasteiger partial charge in [0, 0.05) is 12.1 Å². The van der Waals surface area contributed by atoms with Gasteiger partial charge in [0.15, 0.2) is 5.78 Å². The van der Waals surface area contributed by atoms with Crippen LogP contribution in [0.2, 0.25) is 0 Å². The first-order valence-corrected chi connectivity index (χ1v) is 4.49. The Bertz CT molecular complexity index is 395. The molecule has 2 rings (SSSR count). The van der Waals surface area contributed by atoms with E-state index in [0.717, 1.165) is 18.5 Å². The highest BCUT2D eigenvalue weighted by Gasteiger charge is 2.24. The number of hydrogen-bond donors (Lipinski definition) is 2. The van der Waals surface area contributed by atoms with Gasteiger partial charge in [0.05, 0.1) is 17.7 Å². The fourth-order valence-electron chi connectivity index (χ4n) is 1.75. The van der Waals surface area contributed by atoms with Crippen LogP contribution in [-0.4, -0.2) is 27.1 Å². The molecule has 0 saturated heterocycles. The van der Waals surface area contributed by atoms with Gasteiger partial charge >= 0.3 is 5.97 Å². The zero-order chi connectivity index (χ0) is 10.1. The molecule has 0 amide bonds. The van der Waals surface area contributed by atoms with Crippen LogP contribution in [0.25, 0.3) is 0 Å². The Labute approximate surface area is 80.1 Å². The number of carbonyl (C=O) groups excluding carboxylic acids is 1. The largest absolute Gasteiger partial charge is 0.481 e. The van der Waals surface area contributed by atoms with Crippen molar-refractivity contribution in [1.29, 1.82) is 0 Å². The van der Waals surface area contributed by atoms with E-state index in [1.807, 2.05) is 0 Å². The van der Waals surface area contributed by atoms with E-state index >= 15 is 0 Å². The topological polar surface area (TPSA) is 83.0 Å². The van der Waals surface area contributed by atoms with Crippen molar-refractivity contribution in [3.8, 4) is 0 Å². The molecule has 0 saturated carbocycles. The number of Topliss-reactive ketones (excluding diaryl/α,β-unsaturated/α-hetero) is 1. The molecule has 1 heterocycles. The fourth-order valence-corrected chi connectivity index (χ4v) is 1.75. The van der Waals surface area contributed by atoms with Crippen molar-refractivity contribution in [2.24, 2.45) is 0 Å². The summed E-state index contributed by atoms with van der Waals surface area (Å²) in [6.45, 7) is 0. The number of nitrogens with one attached hydrogen (secondary N) is 1. The number of aromatic amines is 1. The van der Waals surface area contributed by atoms with E-state index in [0.29, 0.717) is 17.7 Å².